The SMILES string of the molecule is C=CC.COc1cc(C)cc(OCCN)c1C1C=C(C)CCC1. The van der Waals surface area contributed by atoms with Gasteiger partial charge in [-0.25, -0.2) is 0 Å². The minimum Gasteiger partial charge on any atom is -0.496 e. The molecule has 0 spiro atoms. The second-order valence-electron chi connectivity index (χ2n) is 5.94. The van der Waals surface area contributed by atoms with Crippen LogP contribution in [0.5, 0.6) is 11.5 Å². The van der Waals surface area contributed by atoms with Crippen LogP contribution in [0.1, 0.15) is 50.2 Å². The van der Waals surface area contributed by atoms with Crippen LogP contribution in [-0.2, 0) is 0 Å². The molecule has 0 saturated carbocycles. The van der Waals surface area contributed by atoms with Gasteiger partial charge in [0.2, 0.25) is 0 Å². The zero-order valence-electron chi connectivity index (χ0n) is 15.0. The van der Waals surface area contributed by atoms with Crippen molar-refractivity contribution < 1.29 is 9.47 Å². The zero-order valence-corrected chi connectivity index (χ0v) is 15.0. The molecule has 23 heavy (non-hydrogen) atoms. The van der Waals surface area contributed by atoms with Crippen molar-refractivity contribution in [3.05, 3.63) is 47.6 Å². The summed E-state index contributed by atoms with van der Waals surface area (Å²) in [5, 5.41) is 0. The molecule has 1 aromatic carbocycles. The molecular formula is C20H31NO2. The molecular weight excluding hydrogens is 286 g/mol. The lowest BCUT2D eigenvalue weighted by molar-refractivity contribution is 0.317. The molecule has 0 saturated heterocycles. The summed E-state index contributed by atoms with van der Waals surface area (Å²) in [7, 11) is 1.73. The van der Waals surface area contributed by atoms with Crippen LogP contribution in [0, 0.1) is 6.92 Å². The first kappa shape index (κ1) is 19.3. The summed E-state index contributed by atoms with van der Waals surface area (Å²) in [5.41, 5.74) is 9.34. The summed E-state index contributed by atoms with van der Waals surface area (Å²) in [5.74, 6) is 2.23. The third kappa shape index (κ3) is 5.76. The molecule has 0 amide bonds. The standard InChI is InChI=1S/C17H25NO2.C3H6/c1-12-5-4-6-14(9-12)17-15(19-3)10-13(2)11-16(17)20-8-7-18;1-3-2/h9-11,14H,4-8,18H2,1-3H3;3H,1H2,2H3. The Labute approximate surface area is 141 Å². The van der Waals surface area contributed by atoms with Gasteiger partial charge in [-0.1, -0.05) is 17.7 Å². The Bertz CT molecular complexity index is 535. The predicted octanol–water partition coefficient (Wildman–Crippen LogP) is 4.75. The van der Waals surface area contributed by atoms with E-state index in [0.717, 1.165) is 23.5 Å². The Morgan fingerprint density at radius 1 is 1.30 bits per heavy atom. The lowest BCUT2D eigenvalue weighted by Gasteiger charge is -2.24. The van der Waals surface area contributed by atoms with Crippen LogP contribution in [0.15, 0.2) is 36.4 Å². The van der Waals surface area contributed by atoms with Crippen molar-refractivity contribution >= 4 is 0 Å². The topological polar surface area (TPSA) is 44.5 Å². The Kier molecular flexibility index (Phi) is 8.49. The summed E-state index contributed by atoms with van der Waals surface area (Å²) in [6, 6.07) is 4.17. The molecule has 0 radical (unpaired) electrons. The van der Waals surface area contributed by atoms with Crippen LogP contribution in [0.4, 0.5) is 0 Å². The van der Waals surface area contributed by atoms with Crippen LogP contribution >= 0.6 is 0 Å². The van der Waals surface area contributed by atoms with Crippen molar-refractivity contribution in [3.8, 4) is 11.5 Å². The van der Waals surface area contributed by atoms with Gasteiger partial charge in [0.05, 0.1) is 7.11 Å². The minimum absolute atomic E-state index is 0.382. The van der Waals surface area contributed by atoms with E-state index in [1.54, 1.807) is 13.2 Å². The third-order valence-electron chi connectivity index (χ3n) is 3.79. The van der Waals surface area contributed by atoms with Crippen LogP contribution in [0.2, 0.25) is 0 Å². The van der Waals surface area contributed by atoms with Crippen LogP contribution in [0.25, 0.3) is 0 Å². The van der Waals surface area contributed by atoms with E-state index in [0.29, 0.717) is 19.1 Å². The van der Waals surface area contributed by atoms with Crippen LogP contribution in [-0.4, -0.2) is 20.3 Å². The van der Waals surface area contributed by atoms with Gasteiger partial charge in [-0.2, -0.15) is 0 Å². The van der Waals surface area contributed by atoms with Gasteiger partial charge in [0, 0.05) is 18.0 Å². The summed E-state index contributed by atoms with van der Waals surface area (Å²) < 4.78 is 11.5. The molecule has 0 aromatic heterocycles. The average Bonchev–Trinajstić information content (AvgIpc) is 2.53. The number of rotatable bonds is 5. The predicted molar refractivity (Wildman–Crippen MR) is 98.5 cm³/mol. The highest BCUT2D eigenvalue weighted by Gasteiger charge is 2.22. The maximum Gasteiger partial charge on any atom is 0.127 e. The molecule has 1 aliphatic rings. The Morgan fingerprint density at radius 3 is 2.52 bits per heavy atom. The fourth-order valence-corrected chi connectivity index (χ4v) is 2.89. The van der Waals surface area contributed by atoms with E-state index in [9.17, 15) is 0 Å². The monoisotopic (exact) mass is 317 g/mol. The Balaban J connectivity index is 0.000000816. The smallest absolute Gasteiger partial charge is 0.127 e. The van der Waals surface area contributed by atoms with E-state index in [2.05, 4.69) is 38.6 Å². The molecule has 0 fully saturated rings. The van der Waals surface area contributed by atoms with Crippen molar-refractivity contribution in [2.24, 2.45) is 5.73 Å². The van der Waals surface area contributed by atoms with Gasteiger partial charge in [-0.05, 0) is 57.7 Å². The third-order valence-corrected chi connectivity index (χ3v) is 3.79. The molecule has 0 bridgehead atoms. The normalized spacial score (nSPS) is 16.7. The second-order valence-corrected chi connectivity index (χ2v) is 5.94. The molecule has 2 rings (SSSR count). The molecule has 1 aromatic rings. The maximum absolute atomic E-state index is 5.86. The number of hydrogen-bond acceptors (Lipinski definition) is 3. The Hall–Kier alpha value is -1.74. The largest absolute Gasteiger partial charge is 0.496 e. The average molecular weight is 317 g/mol. The number of aryl methyl sites for hydroxylation is 1. The maximum atomic E-state index is 5.86. The fraction of sp³-hybridized carbons (Fsp3) is 0.500. The van der Waals surface area contributed by atoms with Gasteiger partial charge in [0.15, 0.2) is 0 Å². The van der Waals surface area contributed by atoms with Crippen molar-refractivity contribution in [2.45, 2.75) is 46.0 Å². The van der Waals surface area contributed by atoms with E-state index < -0.39 is 0 Å². The number of hydrogen-bond donors (Lipinski definition) is 1. The molecule has 1 unspecified atom stereocenters. The van der Waals surface area contributed by atoms with Gasteiger partial charge in [-0.15, -0.1) is 6.58 Å². The van der Waals surface area contributed by atoms with Crippen molar-refractivity contribution in [1.29, 1.82) is 0 Å². The zero-order chi connectivity index (χ0) is 17.2. The number of ether oxygens (including phenoxy) is 2. The Morgan fingerprint density at radius 2 is 1.96 bits per heavy atom. The highest BCUT2D eigenvalue weighted by atomic mass is 16.5. The molecule has 128 valence electrons. The molecule has 3 nitrogen and oxygen atoms in total. The minimum atomic E-state index is 0.382. The van der Waals surface area contributed by atoms with Crippen molar-refractivity contribution in [3.63, 3.8) is 0 Å². The van der Waals surface area contributed by atoms with Crippen LogP contribution in [0.3, 0.4) is 0 Å². The number of nitrogens with two attached hydrogens (primary N) is 1. The number of allylic oxidation sites excluding steroid dienone is 3. The molecule has 1 atom stereocenters. The van der Waals surface area contributed by atoms with Crippen molar-refractivity contribution in [1.82, 2.24) is 0 Å². The summed E-state index contributed by atoms with van der Waals surface area (Å²) >= 11 is 0. The van der Waals surface area contributed by atoms with Crippen molar-refractivity contribution in [2.75, 3.05) is 20.3 Å². The van der Waals surface area contributed by atoms with Gasteiger partial charge in [-0.3, -0.25) is 0 Å². The summed E-state index contributed by atoms with van der Waals surface area (Å²) in [6.07, 6.45) is 7.67. The molecule has 0 heterocycles. The molecule has 2 N–H and O–H groups in total. The van der Waals surface area contributed by atoms with Gasteiger partial charge < -0.3 is 15.2 Å². The quantitative estimate of drug-likeness (QED) is 0.797. The van der Waals surface area contributed by atoms with E-state index in [1.807, 2.05) is 6.92 Å². The van der Waals surface area contributed by atoms with E-state index in [-0.39, 0.29) is 0 Å². The first-order chi connectivity index (χ1) is 11.1. The molecule has 1 aliphatic carbocycles. The highest BCUT2D eigenvalue weighted by molar-refractivity contribution is 5.51. The van der Waals surface area contributed by atoms with Gasteiger partial charge >= 0.3 is 0 Å². The lowest BCUT2D eigenvalue weighted by atomic mass is 9.85. The summed E-state index contributed by atoms with van der Waals surface area (Å²) in [4.78, 5) is 0. The van der Waals surface area contributed by atoms with Gasteiger partial charge in [0.1, 0.15) is 18.1 Å². The number of methoxy groups -OCH3 is 1. The van der Waals surface area contributed by atoms with Crippen LogP contribution < -0.4 is 15.2 Å². The summed E-state index contributed by atoms with van der Waals surface area (Å²) in [6.45, 7) is 10.6. The number of benzene rings is 1. The second kappa shape index (κ2) is 10.1. The fourth-order valence-electron chi connectivity index (χ4n) is 2.89. The van der Waals surface area contributed by atoms with E-state index >= 15 is 0 Å². The van der Waals surface area contributed by atoms with E-state index in [1.165, 1.54) is 24.0 Å². The first-order valence-corrected chi connectivity index (χ1v) is 8.33. The van der Waals surface area contributed by atoms with Gasteiger partial charge in [0.25, 0.3) is 0 Å². The molecule has 3 heteroatoms. The highest BCUT2D eigenvalue weighted by Crippen LogP contribution is 2.42. The first-order valence-electron chi connectivity index (χ1n) is 8.33. The molecule has 0 aliphatic heterocycles. The lowest BCUT2D eigenvalue weighted by Crippen LogP contribution is -2.13. The van der Waals surface area contributed by atoms with E-state index in [4.69, 9.17) is 15.2 Å².